The molecule has 1 atom stereocenters. The van der Waals surface area contributed by atoms with E-state index in [4.69, 9.17) is 9.47 Å². The summed E-state index contributed by atoms with van der Waals surface area (Å²) < 4.78 is 10.9. The Morgan fingerprint density at radius 1 is 1.26 bits per heavy atom. The number of nitrogens with zero attached hydrogens (tertiary/aromatic N) is 1. The highest BCUT2D eigenvalue weighted by Crippen LogP contribution is 2.25. The Morgan fingerprint density at radius 2 is 2.00 bits per heavy atom. The molecule has 23 heavy (non-hydrogen) atoms. The van der Waals surface area contributed by atoms with Gasteiger partial charge >= 0.3 is 0 Å². The van der Waals surface area contributed by atoms with Gasteiger partial charge in [0.1, 0.15) is 11.5 Å². The van der Waals surface area contributed by atoms with Crippen LogP contribution in [0.3, 0.4) is 0 Å². The predicted octanol–water partition coefficient (Wildman–Crippen LogP) is 3.34. The number of ether oxygens (including phenoxy) is 2. The minimum Gasteiger partial charge on any atom is -0.457 e. The lowest BCUT2D eigenvalue weighted by Gasteiger charge is -2.15. The Labute approximate surface area is 136 Å². The third kappa shape index (κ3) is 5.07. The lowest BCUT2D eigenvalue weighted by Crippen LogP contribution is -2.33. The van der Waals surface area contributed by atoms with Crippen LogP contribution in [0.5, 0.6) is 11.5 Å². The maximum atomic E-state index is 12.3. The number of benzene rings is 1. The lowest BCUT2D eigenvalue weighted by atomic mass is 10.1. The Kier molecular flexibility index (Phi) is 6.11. The van der Waals surface area contributed by atoms with Crippen LogP contribution in [0.25, 0.3) is 0 Å². The molecule has 0 bridgehead atoms. The summed E-state index contributed by atoms with van der Waals surface area (Å²) in [4.78, 5) is 16.3. The van der Waals surface area contributed by atoms with Gasteiger partial charge in [-0.3, -0.25) is 9.78 Å². The summed E-state index contributed by atoms with van der Waals surface area (Å²) >= 11 is 0. The number of methoxy groups -OCH3 is 1. The summed E-state index contributed by atoms with van der Waals surface area (Å²) in [5, 5.41) is 2.96. The summed E-state index contributed by atoms with van der Waals surface area (Å²) in [6.07, 6.45) is 4.10. The summed E-state index contributed by atoms with van der Waals surface area (Å²) in [6.45, 7) is 4.52. The number of hydrogen-bond acceptors (Lipinski definition) is 4. The summed E-state index contributed by atoms with van der Waals surface area (Å²) in [7, 11) is 1.65. The third-order valence-electron chi connectivity index (χ3n) is 3.46. The zero-order valence-corrected chi connectivity index (χ0v) is 13.7. The maximum absolute atomic E-state index is 12.3. The second-order valence-electron chi connectivity index (χ2n) is 5.42. The van der Waals surface area contributed by atoms with Crippen molar-refractivity contribution in [3.63, 3.8) is 0 Å². The fourth-order valence-corrected chi connectivity index (χ4v) is 2.06. The second-order valence-corrected chi connectivity index (χ2v) is 5.42. The second kappa shape index (κ2) is 8.29. The minimum atomic E-state index is -0.117. The molecule has 0 aliphatic heterocycles. The molecule has 0 radical (unpaired) electrons. The minimum absolute atomic E-state index is 0.0494. The fraction of sp³-hybridized carbons (Fsp3) is 0.333. The molecule has 0 spiro atoms. The fourth-order valence-electron chi connectivity index (χ4n) is 2.06. The van der Waals surface area contributed by atoms with Crippen molar-refractivity contribution in [3.8, 4) is 11.5 Å². The molecule has 122 valence electrons. The van der Waals surface area contributed by atoms with Gasteiger partial charge in [0, 0.05) is 37.7 Å². The normalized spacial score (nSPS) is 11.8. The van der Waals surface area contributed by atoms with Crippen LogP contribution < -0.4 is 10.1 Å². The molecule has 1 amide bonds. The van der Waals surface area contributed by atoms with Crippen LogP contribution in [0, 0.1) is 6.92 Å². The Hall–Kier alpha value is -2.40. The first-order chi connectivity index (χ1) is 11.1. The quantitative estimate of drug-likeness (QED) is 0.851. The highest BCUT2D eigenvalue weighted by molar-refractivity contribution is 5.94. The van der Waals surface area contributed by atoms with Crippen molar-refractivity contribution in [2.75, 3.05) is 13.7 Å². The Bertz CT molecular complexity index is 644. The zero-order valence-electron chi connectivity index (χ0n) is 13.7. The van der Waals surface area contributed by atoms with E-state index in [0.29, 0.717) is 23.7 Å². The van der Waals surface area contributed by atoms with Crippen LogP contribution in [0.4, 0.5) is 0 Å². The van der Waals surface area contributed by atoms with Crippen molar-refractivity contribution < 1.29 is 14.3 Å². The SMILES string of the molecule is COCC[C@@H](C)NC(=O)c1ccc(C)c(Oc2ccncc2)c1. The highest BCUT2D eigenvalue weighted by Gasteiger charge is 2.12. The van der Waals surface area contributed by atoms with Crippen LogP contribution in [0.2, 0.25) is 0 Å². The van der Waals surface area contributed by atoms with Gasteiger partial charge in [-0.2, -0.15) is 0 Å². The number of rotatable bonds is 7. The highest BCUT2D eigenvalue weighted by atomic mass is 16.5. The summed E-state index contributed by atoms with van der Waals surface area (Å²) in [5.41, 5.74) is 1.54. The number of carbonyl (C=O) groups is 1. The van der Waals surface area contributed by atoms with Crippen LogP contribution in [-0.4, -0.2) is 30.6 Å². The smallest absolute Gasteiger partial charge is 0.251 e. The lowest BCUT2D eigenvalue weighted by molar-refractivity contribution is 0.0929. The molecule has 0 aliphatic rings. The third-order valence-corrected chi connectivity index (χ3v) is 3.46. The first-order valence-corrected chi connectivity index (χ1v) is 7.58. The number of nitrogens with one attached hydrogen (secondary N) is 1. The molecule has 0 aliphatic carbocycles. The Morgan fingerprint density at radius 3 is 2.70 bits per heavy atom. The van der Waals surface area contributed by atoms with E-state index in [2.05, 4.69) is 10.3 Å². The van der Waals surface area contributed by atoms with Crippen molar-refractivity contribution in [2.45, 2.75) is 26.3 Å². The van der Waals surface area contributed by atoms with Crippen LogP contribution >= 0.6 is 0 Å². The van der Waals surface area contributed by atoms with E-state index in [1.807, 2.05) is 19.9 Å². The number of hydrogen-bond donors (Lipinski definition) is 1. The van der Waals surface area contributed by atoms with Gasteiger partial charge in [-0.25, -0.2) is 0 Å². The number of aryl methyl sites for hydroxylation is 1. The maximum Gasteiger partial charge on any atom is 0.251 e. The van der Waals surface area contributed by atoms with Crippen molar-refractivity contribution in [1.82, 2.24) is 10.3 Å². The molecule has 1 N–H and O–H groups in total. The largest absolute Gasteiger partial charge is 0.457 e. The zero-order chi connectivity index (χ0) is 16.7. The molecule has 0 fully saturated rings. The molecule has 0 saturated carbocycles. The van der Waals surface area contributed by atoms with Gasteiger partial charge in [0.15, 0.2) is 0 Å². The van der Waals surface area contributed by atoms with Gasteiger partial charge in [-0.1, -0.05) is 6.07 Å². The van der Waals surface area contributed by atoms with Crippen molar-refractivity contribution in [2.24, 2.45) is 0 Å². The van der Waals surface area contributed by atoms with Crippen molar-refractivity contribution in [3.05, 3.63) is 53.9 Å². The van der Waals surface area contributed by atoms with Crippen molar-refractivity contribution >= 4 is 5.91 Å². The van der Waals surface area contributed by atoms with Gasteiger partial charge in [-0.05, 0) is 50.1 Å². The number of aromatic nitrogens is 1. The van der Waals surface area contributed by atoms with Gasteiger partial charge in [0.05, 0.1) is 0 Å². The van der Waals surface area contributed by atoms with E-state index in [1.54, 1.807) is 43.8 Å². The summed E-state index contributed by atoms with van der Waals surface area (Å²) in [5.74, 6) is 1.23. The van der Waals surface area contributed by atoms with E-state index in [-0.39, 0.29) is 11.9 Å². The van der Waals surface area contributed by atoms with Crippen LogP contribution in [-0.2, 0) is 4.74 Å². The molecule has 1 aromatic carbocycles. The van der Waals surface area contributed by atoms with E-state index < -0.39 is 0 Å². The molecule has 1 heterocycles. The van der Waals surface area contributed by atoms with Gasteiger partial charge in [0.2, 0.25) is 0 Å². The number of pyridine rings is 1. The van der Waals surface area contributed by atoms with Gasteiger partial charge in [-0.15, -0.1) is 0 Å². The van der Waals surface area contributed by atoms with Crippen LogP contribution in [0.15, 0.2) is 42.7 Å². The summed E-state index contributed by atoms with van der Waals surface area (Å²) in [6, 6.07) is 9.04. The molecule has 5 heteroatoms. The topological polar surface area (TPSA) is 60.5 Å². The van der Waals surface area contributed by atoms with E-state index in [0.717, 1.165) is 12.0 Å². The Balaban J connectivity index is 2.08. The average Bonchev–Trinajstić information content (AvgIpc) is 2.56. The first-order valence-electron chi connectivity index (χ1n) is 7.58. The van der Waals surface area contributed by atoms with Crippen molar-refractivity contribution in [1.29, 1.82) is 0 Å². The average molecular weight is 314 g/mol. The van der Waals surface area contributed by atoms with Gasteiger partial charge < -0.3 is 14.8 Å². The number of carbonyl (C=O) groups excluding carboxylic acids is 1. The molecule has 1 aromatic heterocycles. The van der Waals surface area contributed by atoms with E-state index in [9.17, 15) is 4.79 Å². The van der Waals surface area contributed by atoms with E-state index in [1.165, 1.54) is 0 Å². The van der Waals surface area contributed by atoms with E-state index >= 15 is 0 Å². The first kappa shape index (κ1) is 17.0. The predicted molar refractivity (Wildman–Crippen MR) is 88.9 cm³/mol. The standard InChI is InChI=1S/C18H22N2O3/c1-13-4-5-15(18(21)20-14(2)8-11-22-3)12-17(13)23-16-6-9-19-10-7-16/h4-7,9-10,12,14H,8,11H2,1-3H3,(H,20,21)/t14-/m1/s1. The van der Waals surface area contributed by atoms with Crippen LogP contribution in [0.1, 0.15) is 29.3 Å². The molecule has 2 aromatic rings. The molecule has 2 rings (SSSR count). The molecular weight excluding hydrogens is 292 g/mol. The van der Waals surface area contributed by atoms with Gasteiger partial charge in [0.25, 0.3) is 5.91 Å². The molecule has 0 saturated heterocycles. The molecule has 5 nitrogen and oxygen atoms in total. The molecule has 0 unspecified atom stereocenters. The number of amides is 1. The molecular formula is C18H22N2O3. The monoisotopic (exact) mass is 314 g/mol.